The average molecular weight is 269 g/mol. The minimum Gasteiger partial charge on any atom is -0.396 e. The maximum Gasteiger partial charge on any atom is 0.0490 e. The summed E-state index contributed by atoms with van der Waals surface area (Å²) in [5, 5.41) is 9.48. The van der Waals surface area contributed by atoms with Gasteiger partial charge in [-0.15, -0.1) is 0 Å². The maximum absolute atomic E-state index is 9.48. The molecule has 1 nitrogen and oxygen atoms in total. The standard InChI is InChI=1S/C13H17BrO/c1-12(2,9-15)13(7-8-13)10-3-5-11(14)6-4-10/h3-6,15H,7-9H2,1-2H3. The van der Waals surface area contributed by atoms with Crippen molar-refractivity contribution in [1.82, 2.24) is 0 Å². The molecule has 0 radical (unpaired) electrons. The van der Waals surface area contributed by atoms with Gasteiger partial charge >= 0.3 is 0 Å². The number of benzene rings is 1. The Hall–Kier alpha value is -0.340. The Balaban J connectivity index is 2.34. The second-order valence-corrected chi connectivity index (χ2v) is 6.05. The molecule has 0 atom stereocenters. The zero-order valence-corrected chi connectivity index (χ0v) is 10.8. The van der Waals surface area contributed by atoms with Crippen LogP contribution >= 0.6 is 15.9 Å². The van der Waals surface area contributed by atoms with E-state index < -0.39 is 0 Å². The van der Waals surface area contributed by atoms with Gasteiger partial charge in [0.2, 0.25) is 0 Å². The van der Waals surface area contributed by atoms with Crippen LogP contribution in [-0.2, 0) is 5.41 Å². The van der Waals surface area contributed by atoms with Crippen molar-refractivity contribution in [3.63, 3.8) is 0 Å². The Labute approximate surface area is 99.6 Å². The molecule has 1 aromatic rings. The van der Waals surface area contributed by atoms with E-state index in [0.717, 1.165) is 4.47 Å². The molecule has 0 saturated heterocycles. The molecule has 2 rings (SSSR count). The van der Waals surface area contributed by atoms with Gasteiger partial charge in [0.05, 0.1) is 0 Å². The molecule has 0 bridgehead atoms. The Morgan fingerprint density at radius 1 is 1.27 bits per heavy atom. The summed E-state index contributed by atoms with van der Waals surface area (Å²) < 4.78 is 1.11. The van der Waals surface area contributed by atoms with Gasteiger partial charge in [0, 0.05) is 16.5 Å². The molecular weight excluding hydrogens is 252 g/mol. The van der Waals surface area contributed by atoms with Gasteiger partial charge < -0.3 is 5.11 Å². The SMILES string of the molecule is CC(C)(CO)C1(c2ccc(Br)cc2)CC1. The van der Waals surface area contributed by atoms with E-state index in [-0.39, 0.29) is 17.4 Å². The van der Waals surface area contributed by atoms with E-state index in [1.807, 2.05) is 0 Å². The van der Waals surface area contributed by atoms with E-state index >= 15 is 0 Å². The molecule has 0 aromatic heterocycles. The molecule has 0 heterocycles. The number of aliphatic hydroxyl groups is 1. The van der Waals surface area contributed by atoms with Gasteiger partial charge in [-0.05, 0) is 36.0 Å². The molecule has 0 amide bonds. The topological polar surface area (TPSA) is 20.2 Å². The molecule has 1 aliphatic rings. The van der Waals surface area contributed by atoms with Crippen LogP contribution in [0.1, 0.15) is 32.3 Å². The first-order valence-corrected chi connectivity index (χ1v) is 6.18. The smallest absolute Gasteiger partial charge is 0.0490 e. The second-order valence-electron chi connectivity index (χ2n) is 5.13. The first-order valence-electron chi connectivity index (χ1n) is 5.39. The van der Waals surface area contributed by atoms with Crippen LogP contribution in [0, 0.1) is 5.41 Å². The van der Waals surface area contributed by atoms with Crippen LogP contribution in [-0.4, -0.2) is 11.7 Å². The fraction of sp³-hybridized carbons (Fsp3) is 0.538. The summed E-state index contributed by atoms with van der Waals surface area (Å²) >= 11 is 3.45. The van der Waals surface area contributed by atoms with Gasteiger partial charge in [0.1, 0.15) is 0 Å². The highest BCUT2D eigenvalue weighted by atomic mass is 79.9. The van der Waals surface area contributed by atoms with Gasteiger partial charge in [0.15, 0.2) is 0 Å². The van der Waals surface area contributed by atoms with E-state index in [1.165, 1.54) is 18.4 Å². The lowest BCUT2D eigenvalue weighted by atomic mass is 9.72. The van der Waals surface area contributed by atoms with Crippen LogP contribution < -0.4 is 0 Å². The van der Waals surface area contributed by atoms with Gasteiger partial charge in [-0.1, -0.05) is 41.9 Å². The summed E-state index contributed by atoms with van der Waals surface area (Å²) in [6.45, 7) is 4.56. The third kappa shape index (κ3) is 1.74. The quantitative estimate of drug-likeness (QED) is 0.890. The second kappa shape index (κ2) is 3.60. The summed E-state index contributed by atoms with van der Waals surface area (Å²) in [6, 6.07) is 8.52. The summed E-state index contributed by atoms with van der Waals surface area (Å²) in [4.78, 5) is 0. The summed E-state index contributed by atoms with van der Waals surface area (Å²) in [5.41, 5.74) is 1.56. The van der Waals surface area contributed by atoms with E-state index in [4.69, 9.17) is 0 Å². The lowest BCUT2D eigenvalue weighted by Crippen LogP contribution is -2.32. The van der Waals surface area contributed by atoms with Crippen LogP contribution in [0.15, 0.2) is 28.7 Å². The van der Waals surface area contributed by atoms with Crippen molar-refractivity contribution in [3.8, 4) is 0 Å². The summed E-state index contributed by atoms with van der Waals surface area (Å²) in [7, 11) is 0. The van der Waals surface area contributed by atoms with Gasteiger partial charge in [-0.2, -0.15) is 0 Å². The van der Waals surface area contributed by atoms with Crippen molar-refractivity contribution in [2.75, 3.05) is 6.61 Å². The molecule has 0 unspecified atom stereocenters. The number of aliphatic hydroxyl groups excluding tert-OH is 1. The van der Waals surface area contributed by atoms with Gasteiger partial charge in [0.25, 0.3) is 0 Å². The van der Waals surface area contributed by atoms with Crippen molar-refractivity contribution < 1.29 is 5.11 Å². The van der Waals surface area contributed by atoms with Gasteiger partial charge in [-0.3, -0.25) is 0 Å². The molecule has 1 saturated carbocycles. The van der Waals surface area contributed by atoms with Crippen LogP contribution in [0.5, 0.6) is 0 Å². The average Bonchev–Trinajstić information content (AvgIpc) is 3.00. The Morgan fingerprint density at radius 2 is 1.80 bits per heavy atom. The van der Waals surface area contributed by atoms with E-state index in [9.17, 15) is 5.11 Å². The van der Waals surface area contributed by atoms with Crippen molar-refractivity contribution in [2.24, 2.45) is 5.41 Å². The molecule has 0 spiro atoms. The first kappa shape index (κ1) is 11.2. The van der Waals surface area contributed by atoms with E-state index in [1.54, 1.807) is 0 Å². The molecule has 82 valence electrons. The molecule has 1 fully saturated rings. The molecule has 1 N–H and O–H groups in total. The maximum atomic E-state index is 9.48. The molecular formula is C13H17BrO. The predicted molar refractivity (Wildman–Crippen MR) is 65.9 cm³/mol. The summed E-state index contributed by atoms with van der Waals surface area (Å²) in [5.74, 6) is 0. The fourth-order valence-corrected chi connectivity index (χ4v) is 2.67. The molecule has 0 aliphatic heterocycles. The molecule has 1 aliphatic carbocycles. The predicted octanol–water partition coefficient (Wildman–Crippen LogP) is 3.50. The number of hydrogen-bond donors (Lipinski definition) is 1. The Morgan fingerprint density at radius 3 is 2.20 bits per heavy atom. The van der Waals surface area contributed by atoms with E-state index in [2.05, 4.69) is 54.0 Å². The van der Waals surface area contributed by atoms with Crippen LogP contribution in [0.4, 0.5) is 0 Å². The third-order valence-electron chi connectivity index (χ3n) is 3.84. The van der Waals surface area contributed by atoms with Crippen molar-refractivity contribution >= 4 is 15.9 Å². The third-order valence-corrected chi connectivity index (χ3v) is 4.37. The molecule has 1 aromatic carbocycles. The van der Waals surface area contributed by atoms with Crippen molar-refractivity contribution in [3.05, 3.63) is 34.3 Å². The zero-order chi connectivity index (χ0) is 11.1. The monoisotopic (exact) mass is 268 g/mol. The number of rotatable bonds is 3. The molecule has 15 heavy (non-hydrogen) atoms. The zero-order valence-electron chi connectivity index (χ0n) is 9.26. The minimum absolute atomic E-state index is 0.0131. The number of halogens is 1. The summed E-state index contributed by atoms with van der Waals surface area (Å²) in [6.07, 6.45) is 2.39. The minimum atomic E-state index is -0.0131. The Bertz CT molecular complexity index is 349. The normalized spacial score (nSPS) is 18.9. The Kier molecular flexibility index (Phi) is 2.68. The largest absolute Gasteiger partial charge is 0.396 e. The lowest BCUT2D eigenvalue weighted by molar-refractivity contribution is 0.119. The number of hydrogen-bond acceptors (Lipinski definition) is 1. The highest BCUT2D eigenvalue weighted by Gasteiger charge is 2.54. The lowest BCUT2D eigenvalue weighted by Gasteiger charge is -2.33. The fourth-order valence-electron chi connectivity index (χ4n) is 2.40. The van der Waals surface area contributed by atoms with Crippen molar-refractivity contribution in [2.45, 2.75) is 32.1 Å². The van der Waals surface area contributed by atoms with Gasteiger partial charge in [-0.25, -0.2) is 0 Å². The highest BCUT2D eigenvalue weighted by Crippen LogP contribution is 2.59. The van der Waals surface area contributed by atoms with Crippen LogP contribution in [0.3, 0.4) is 0 Å². The highest BCUT2D eigenvalue weighted by molar-refractivity contribution is 9.10. The molecule has 2 heteroatoms. The van der Waals surface area contributed by atoms with Crippen LogP contribution in [0.2, 0.25) is 0 Å². The van der Waals surface area contributed by atoms with E-state index in [0.29, 0.717) is 0 Å². The van der Waals surface area contributed by atoms with Crippen molar-refractivity contribution in [1.29, 1.82) is 0 Å². The van der Waals surface area contributed by atoms with Crippen LogP contribution in [0.25, 0.3) is 0 Å². The first-order chi connectivity index (χ1) is 7.02.